The van der Waals surface area contributed by atoms with E-state index in [0.29, 0.717) is 6.61 Å². The summed E-state index contributed by atoms with van der Waals surface area (Å²) in [6, 6.07) is 10.5. The molecule has 0 bridgehead atoms. The fourth-order valence-electron chi connectivity index (χ4n) is 1.06. The minimum atomic E-state index is -0.281. The smallest absolute Gasteiger partial charge is 0.0765 e. The van der Waals surface area contributed by atoms with Crippen molar-refractivity contribution in [1.29, 1.82) is 0 Å². The number of benzene rings is 1. The highest BCUT2D eigenvalue weighted by Gasteiger charge is 1.98. The second kappa shape index (κ2) is 6.90. The summed E-state index contributed by atoms with van der Waals surface area (Å²) < 4.78 is 7.00. The van der Waals surface area contributed by atoms with Gasteiger partial charge in [-0.1, -0.05) is 43.3 Å². The normalized spacial score (nSPS) is 11.9. The van der Waals surface area contributed by atoms with E-state index in [4.69, 9.17) is 3.07 Å². The molecule has 1 aromatic rings. The van der Waals surface area contributed by atoms with E-state index in [1.807, 2.05) is 6.07 Å². The zero-order valence-electron chi connectivity index (χ0n) is 8.37. The Balaban J connectivity index is 2.71. The molecular weight excluding hydrogens is 287 g/mol. The van der Waals surface area contributed by atoms with E-state index in [-0.39, 0.29) is 21.1 Å². The van der Waals surface area contributed by atoms with Crippen LogP contribution in [0, 0.1) is 0 Å². The summed E-state index contributed by atoms with van der Waals surface area (Å²) in [5.74, 6) is 0. The lowest BCUT2D eigenvalue weighted by Gasteiger charge is -2.02. The van der Waals surface area contributed by atoms with Gasteiger partial charge in [0.25, 0.3) is 0 Å². The van der Waals surface area contributed by atoms with E-state index in [9.17, 15) is 0 Å². The van der Waals surface area contributed by atoms with Crippen LogP contribution in [-0.2, 0) is 3.07 Å². The SMILES string of the molecule is C=CCOI=C(CC)c1ccccc1. The number of hydrogen-bond acceptors (Lipinski definition) is 1. The highest BCUT2D eigenvalue weighted by molar-refractivity contribution is 14.2. The van der Waals surface area contributed by atoms with Gasteiger partial charge in [-0.05, 0) is 12.0 Å². The van der Waals surface area contributed by atoms with Gasteiger partial charge in [-0.25, -0.2) is 0 Å². The highest BCUT2D eigenvalue weighted by atomic mass is 127. The molecule has 0 aliphatic carbocycles. The second-order valence-electron chi connectivity index (χ2n) is 2.77. The predicted octanol–water partition coefficient (Wildman–Crippen LogP) is 3.71. The van der Waals surface area contributed by atoms with Gasteiger partial charge < -0.3 is 3.07 Å². The van der Waals surface area contributed by atoms with Crippen LogP contribution in [-0.4, -0.2) is 10.1 Å². The third kappa shape index (κ3) is 3.72. The average molecular weight is 302 g/mol. The van der Waals surface area contributed by atoms with Gasteiger partial charge in [0.1, 0.15) is 0 Å². The Morgan fingerprint density at radius 1 is 1.43 bits per heavy atom. The lowest BCUT2D eigenvalue weighted by atomic mass is 10.1. The molecule has 0 saturated carbocycles. The van der Waals surface area contributed by atoms with Crippen LogP contribution in [0.2, 0.25) is 0 Å². The maximum absolute atomic E-state index is 5.55. The van der Waals surface area contributed by atoms with Crippen LogP contribution in [0.25, 0.3) is 0 Å². The number of halogens is 1. The molecule has 0 spiro atoms. The van der Waals surface area contributed by atoms with E-state index in [1.54, 1.807) is 6.08 Å². The molecule has 0 unspecified atom stereocenters. The van der Waals surface area contributed by atoms with Gasteiger partial charge in [-0.2, -0.15) is 0 Å². The van der Waals surface area contributed by atoms with Crippen LogP contribution < -0.4 is 0 Å². The first kappa shape index (κ1) is 11.6. The molecule has 0 radical (unpaired) electrons. The highest BCUT2D eigenvalue weighted by Crippen LogP contribution is 2.13. The topological polar surface area (TPSA) is 9.23 Å². The minimum Gasteiger partial charge on any atom is -0.317 e. The monoisotopic (exact) mass is 302 g/mol. The fourth-order valence-corrected chi connectivity index (χ4v) is 2.80. The molecule has 0 heterocycles. The van der Waals surface area contributed by atoms with E-state index in [1.165, 1.54) is 9.07 Å². The van der Waals surface area contributed by atoms with Gasteiger partial charge >= 0.3 is 0 Å². The van der Waals surface area contributed by atoms with Crippen LogP contribution in [0.1, 0.15) is 18.9 Å². The zero-order chi connectivity index (χ0) is 10.2. The first-order chi connectivity index (χ1) is 6.88. The van der Waals surface area contributed by atoms with Crippen LogP contribution in [0.4, 0.5) is 0 Å². The minimum absolute atomic E-state index is 0.281. The van der Waals surface area contributed by atoms with Crippen LogP contribution >= 0.6 is 21.1 Å². The van der Waals surface area contributed by atoms with E-state index >= 15 is 0 Å². The largest absolute Gasteiger partial charge is 0.317 e. The quantitative estimate of drug-likeness (QED) is 0.458. The summed E-state index contributed by atoms with van der Waals surface area (Å²) in [6.45, 7) is 6.49. The first-order valence-electron chi connectivity index (χ1n) is 4.67. The summed E-state index contributed by atoms with van der Waals surface area (Å²) >= 11 is -0.281. The van der Waals surface area contributed by atoms with Crippen molar-refractivity contribution in [3.8, 4) is 0 Å². The van der Waals surface area contributed by atoms with Crippen molar-refractivity contribution >= 4 is 24.7 Å². The summed E-state index contributed by atoms with van der Waals surface area (Å²) in [4.78, 5) is 0. The molecule has 0 N–H and O–H groups in total. The Kier molecular flexibility index (Phi) is 5.71. The molecular formula is C12H15IO. The third-order valence-electron chi connectivity index (χ3n) is 1.73. The van der Waals surface area contributed by atoms with Crippen LogP contribution in [0.5, 0.6) is 0 Å². The van der Waals surface area contributed by atoms with Crippen molar-refractivity contribution in [1.82, 2.24) is 0 Å². The van der Waals surface area contributed by atoms with Gasteiger partial charge in [0.05, 0.1) is 6.61 Å². The van der Waals surface area contributed by atoms with Gasteiger partial charge in [0, 0.05) is 24.7 Å². The average Bonchev–Trinajstić information content (AvgIpc) is 2.26. The molecule has 1 rings (SSSR count). The van der Waals surface area contributed by atoms with Crippen LogP contribution in [0.3, 0.4) is 0 Å². The lowest BCUT2D eigenvalue weighted by molar-refractivity contribution is 0.488. The summed E-state index contributed by atoms with van der Waals surface area (Å²) in [7, 11) is 0. The summed E-state index contributed by atoms with van der Waals surface area (Å²) in [5, 5.41) is 0. The van der Waals surface area contributed by atoms with E-state index in [2.05, 4.69) is 37.8 Å². The number of hydrogen-bond donors (Lipinski definition) is 0. The zero-order valence-corrected chi connectivity index (χ0v) is 10.5. The molecule has 0 atom stereocenters. The molecule has 0 aromatic heterocycles. The maximum atomic E-state index is 5.55. The Hall–Kier alpha value is -0.480. The van der Waals surface area contributed by atoms with Crippen molar-refractivity contribution in [2.24, 2.45) is 0 Å². The van der Waals surface area contributed by atoms with Gasteiger partial charge in [0.15, 0.2) is 0 Å². The molecule has 14 heavy (non-hydrogen) atoms. The van der Waals surface area contributed by atoms with Crippen molar-refractivity contribution in [3.63, 3.8) is 0 Å². The van der Waals surface area contributed by atoms with E-state index in [0.717, 1.165) is 6.42 Å². The molecule has 0 fully saturated rings. The van der Waals surface area contributed by atoms with Crippen LogP contribution in [0.15, 0.2) is 43.0 Å². The number of rotatable bonds is 5. The molecule has 1 nitrogen and oxygen atoms in total. The summed E-state index contributed by atoms with van der Waals surface area (Å²) in [5.41, 5.74) is 1.33. The Morgan fingerprint density at radius 3 is 2.71 bits per heavy atom. The molecule has 0 aliphatic rings. The molecule has 76 valence electrons. The van der Waals surface area contributed by atoms with Gasteiger partial charge in [-0.3, -0.25) is 0 Å². The van der Waals surface area contributed by atoms with E-state index < -0.39 is 0 Å². The molecule has 1 aromatic carbocycles. The molecule has 0 aliphatic heterocycles. The Morgan fingerprint density at radius 2 is 2.14 bits per heavy atom. The third-order valence-corrected chi connectivity index (χ3v) is 4.31. The molecule has 0 amide bonds. The van der Waals surface area contributed by atoms with Crippen molar-refractivity contribution in [3.05, 3.63) is 48.6 Å². The first-order valence-corrected chi connectivity index (χ1v) is 6.63. The van der Waals surface area contributed by atoms with Gasteiger partial charge in [-0.15, -0.1) is 6.58 Å². The second-order valence-corrected chi connectivity index (χ2v) is 5.13. The Labute approximate surface area is 96.1 Å². The van der Waals surface area contributed by atoms with Crippen molar-refractivity contribution in [2.45, 2.75) is 13.3 Å². The maximum Gasteiger partial charge on any atom is 0.0765 e. The summed E-state index contributed by atoms with van der Waals surface area (Å²) in [6.07, 6.45) is 2.88. The fraction of sp³-hybridized carbons (Fsp3) is 0.250. The van der Waals surface area contributed by atoms with Gasteiger partial charge in [0.2, 0.25) is 0 Å². The Bertz CT molecular complexity index is 303. The van der Waals surface area contributed by atoms with Crippen molar-refractivity contribution in [2.75, 3.05) is 6.61 Å². The molecule has 2 heteroatoms. The lowest BCUT2D eigenvalue weighted by Crippen LogP contribution is -1.95. The molecule has 0 saturated heterocycles. The van der Waals surface area contributed by atoms with Crippen molar-refractivity contribution < 1.29 is 3.07 Å². The predicted molar refractivity (Wildman–Crippen MR) is 71.0 cm³/mol. The standard InChI is InChI=1S/C12H15IO/c1-3-10-14-13-12(4-2)11-8-6-5-7-9-11/h3,5-9H,1,4,10H2,2H3.